The van der Waals surface area contributed by atoms with Crippen molar-refractivity contribution >= 4 is 11.8 Å². The molecule has 2 atom stereocenters. The average molecular weight is 240 g/mol. The van der Waals surface area contributed by atoms with Crippen LogP contribution >= 0.6 is 11.8 Å². The van der Waals surface area contributed by atoms with E-state index in [2.05, 4.69) is 31.5 Å². The molecule has 1 aliphatic carbocycles. The third-order valence-corrected chi connectivity index (χ3v) is 4.60. The highest BCUT2D eigenvalue weighted by Crippen LogP contribution is 2.29. The van der Waals surface area contributed by atoms with Crippen LogP contribution in [0, 0.1) is 16.7 Å². The Bertz CT molecular complexity index is 245. The van der Waals surface area contributed by atoms with E-state index in [1.54, 1.807) is 0 Å². The molecule has 0 amide bonds. The molecule has 1 N–H and O–H groups in total. The second-order valence-electron chi connectivity index (χ2n) is 5.57. The number of nitrogens with one attached hydrogen (secondary N) is 1. The van der Waals surface area contributed by atoms with Gasteiger partial charge in [-0.2, -0.15) is 17.0 Å². The second-order valence-corrected chi connectivity index (χ2v) is 6.71. The van der Waals surface area contributed by atoms with Crippen molar-refractivity contribution in [3.05, 3.63) is 0 Å². The van der Waals surface area contributed by atoms with Gasteiger partial charge in [-0.25, -0.2) is 0 Å². The van der Waals surface area contributed by atoms with Crippen molar-refractivity contribution in [2.24, 2.45) is 5.41 Å². The number of nitriles is 1. The van der Waals surface area contributed by atoms with Crippen molar-refractivity contribution < 1.29 is 0 Å². The Morgan fingerprint density at radius 2 is 2.19 bits per heavy atom. The van der Waals surface area contributed by atoms with Crippen LogP contribution < -0.4 is 5.32 Å². The number of rotatable bonds is 6. The van der Waals surface area contributed by atoms with Gasteiger partial charge in [0, 0.05) is 24.3 Å². The molecular weight excluding hydrogens is 216 g/mol. The van der Waals surface area contributed by atoms with Crippen molar-refractivity contribution in [1.82, 2.24) is 5.32 Å². The van der Waals surface area contributed by atoms with Crippen LogP contribution in [0.15, 0.2) is 0 Å². The van der Waals surface area contributed by atoms with Gasteiger partial charge in [0.05, 0.1) is 6.07 Å². The first-order chi connectivity index (χ1) is 7.57. The molecule has 0 unspecified atom stereocenters. The van der Waals surface area contributed by atoms with Crippen LogP contribution in [-0.2, 0) is 0 Å². The van der Waals surface area contributed by atoms with E-state index >= 15 is 0 Å². The third kappa shape index (κ3) is 4.76. The summed E-state index contributed by atoms with van der Waals surface area (Å²) < 4.78 is 0. The van der Waals surface area contributed by atoms with Crippen molar-refractivity contribution in [3.63, 3.8) is 0 Å². The van der Waals surface area contributed by atoms with Crippen LogP contribution in [0.5, 0.6) is 0 Å². The molecule has 0 saturated heterocycles. The van der Waals surface area contributed by atoms with Crippen molar-refractivity contribution in [2.45, 2.75) is 57.2 Å². The van der Waals surface area contributed by atoms with Crippen molar-refractivity contribution in [2.75, 3.05) is 12.8 Å². The third-order valence-electron chi connectivity index (χ3n) is 3.50. The van der Waals surface area contributed by atoms with Crippen molar-refractivity contribution in [1.29, 1.82) is 5.26 Å². The van der Waals surface area contributed by atoms with Gasteiger partial charge in [-0.1, -0.05) is 13.8 Å². The quantitative estimate of drug-likeness (QED) is 0.774. The summed E-state index contributed by atoms with van der Waals surface area (Å²) in [5, 5.41) is 13.1. The zero-order chi connectivity index (χ0) is 12.0. The smallest absolute Gasteiger partial charge is 0.0621 e. The fourth-order valence-electron chi connectivity index (χ4n) is 2.24. The number of hydrogen-bond acceptors (Lipinski definition) is 3. The van der Waals surface area contributed by atoms with Gasteiger partial charge >= 0.3 is 0 Å². The maximum atomic E-state index is 8.60. The molecule has 0 bridgehead atoms. The minimum atomic E-state index is 0.257. The van der Waals surface area contributed by atoms with E-state index in [1.165, 1.54) is 19.3 Å². The average Bonchev–Trinajstić information content (AvgIpc) is 2.72. The Morgan fingerprint density at radius 3 is 2.75 bits per heavy atom. The van der Waals surface area contributed by atoms with Gasteiger partial charge in [0.25, 0.3) is 0 Å². The molecule has 0 aromatic heterocycles. The molecule has 0 heterocycles. The number of nitrogens with zero attached hydrogens (tertiary/aromatic N) is 1. The predicted octanol–water partition coefficient (Wildman–Crippen LogP) is 3.19. The van der Waals surface area contributed by atoms with Gasteiger partial charge in [0.1, 0.15) is 0 Å². The van der Waals surface area contributed by atoms with Crippen LogP contribution in [0.4, 0.5) is 0 Å². The first-order valence-corrected chi connectivity index (χ1v) is 7.49. The van der Waals surface area contributed by atoms with E-state index in [9.17, 15) is 0 Å². The Balaban J connectivity index is 2.21. The molecule has 2 nitrogen and oxygen atoms in total. The normalized spacial score (nSPS) is 25.6. The van der Waals surface area contributed by atoms with Crippen LogP contribution in [0.25, 0.3) is 0 Å². The van der Waals surface area contributed by atoms with Gasteiger partial charge in [-0.15, -0.1) is 0 Å². The maximum Gasteiger partial charge on any atom is 0.0621 e. The zero-order valence-corrected chi connectivity index (χ0v) is 11.6. The van der Waals surface area contributed by atoms with E-state index < -0.39 is 0 Å². The minimum Gasteiger partial charge on any atom is -0.313 e. The fraction of sp³-hybridized carbons (Fsp3) is 0.923. The highest BCUT2D eigenvalue weighted by molar-refractivity contribution is 7.99. The van der Waals surface area contributed by atoms with Gasteiger partial charge in [0.15, 0.2) is 0 Å². The molecule has 0 spiro atoms. The molecule has 1 fully saturated rings. The number of thioether (sulfide) groups is 1. The van der Waals surface area contributed by atoms with Crippen LogP contribution in [0.2, 0.25) is 0 Å². The largest absolute Gasteiger partial charge is 0.313 e. The molecule has 1 aliphatic rings. The topological polar surface area (TPSA) is 35.8 Å². The lowest BCUT2D eigenvalue weighted by atomic mass is 9.87. The van der Waals surface area contributed by atoms with Gasteiger partial charge in [0.2, 0.25) is 0 Å². The molecule has 16 heavy (non-hydrogen) atoms. The molecule has 1 rings (SSSR count). The Labute approximate surface area is 104 Å². The van der Waals surface area contributed by atoms with E-state index in [0.29, 0.717) is 12.5 Å². The SMILES string of the molecule is CS[C@H]1CC[C@@H](NCC(C)(C)CCC#N)C1. The monoisotopic (exact) mass is 240 g/mol. The summed E-state index contributed by atoms with van der Waals surface area (Å²) in [4.78, 5) is 0. The van der Waals surface area contributed by atoms with Crippen LogP contribution in [0.3, 0.4) is 0 Å². The van der Waals surface area contributed by atoms with Gasteiger partial charge < -0.3 is 5.32 Å². The van der Waals surface area contributed by atoms with Crippen molar-refractivity contribution in [3.8, 4) is 6.07 Å². The molecule has 3 heteroatoms. The highest BCUT2D eigenvalue weighted by atomic mass is 32.2. The standard InChI is InChI=1S/C13H24N2S/c1-13(2,7-4-8-14)10-15-11-5-6-12(9-11)16-3/h11-12,15H,4-7,9-10H2,1-3H3/t11-,12+/m1/s1. The predicted molar refractivity (Wildman–Crippen MR) is 71.6 cm³/mol. The van der Waals surface area contributed by atoms with Crippen LogP contribution in [-0.4, -0.2) is 24.1 Å². The second kappa shape index (κ2) is 6.51. The van der Waals surface area contributed by atoms with Crippen LogP contribution in [0.1, 0.15) is 46.0 Å². The van der Waals surface area contributed by atoms with Gasteiger partial charge in [-0.3, -0.25) is 0 Å². The summed E-state index contributed by atoms with van der Waals surface area (Å²) in [6.07, 6.45) is 7.87. The lowest BCUT2D eigenvalue weighted by Crippen LogP contribution is -2.35. The first-order valence-electron chi connectivity index (χ1n) is 6.20. The summed E-state index contributed by atoms with van der Waals surface area (Å²) in [6, 6.07) is 2.94. The van der Waals surface area contributed by atoms with E-state index in [1.807, 2.05) is 11.8 Å². The molecule has 0 aliphatic heterocycles. The summed E-state index contributed by atoms with van der Waals surface area (Å²) in [5.41, 5.74) is 0.257. The van der Waals surface area contributed by atoms with E-state index in [4.69, 9.17) is 5.26 Å². The molecule has 0 aromatic rings. The minimum absolute atomic E-state index is 0.257. The van der Waals surface area contributed by atoms with E-state index in [-0.39, 0.29) is 5.41 Å². The molecule has 0 aromatic carbocycles. The first kappa shape index (κ1) is 13.9. The lowest BCUT2D eigenvalue weighted by Gasteiger charge is -2.26. The Morgan fingerprint density at radius 1 is 1.44 bits per heavy atom. The summed E-state index contributed by atoms with van der Waals surface area (Å²) in [5.74, 6) is 0. The highest BCUT2D eigenvalue weighted by Gasteiger charge is 2.25. The molecule has 92 valence electrons. The van der Waals surface area contributed by atoms with Gasteiger partial charge in [-0.05, 0) is 37.4 Å². The Hall–Kier alpha value is -0.200. The molecule has 0 radical (unpaired) electrons. The fourth-order valence-corrected chi connectivity index (χ4v) is 3.04. The summed E-state index contributed by atoms with van der Waals surface area (Å²) >= 11 is 2.00. The summed E-state index contributed by atoms with van der Waals surface area (Å²) in [6.45, 7) is 5.54. The lowest BCUT2D eigenvalue weighted by molar-refractivity contribution is 0.300. The number of hydrogen-bond donors (Lipinski definition) is 1. The Kier molecular flexibility index (Phi) is 5.64. The molecular formula is C13H24N2S. The van der Waals surface area contributed by atoms with E-state index in [0.717, 1.165) is 18.2 Å². The molecule has 1 saturated carbocycles. The maximum absolute atomic E-state index is 8.60. The summed E-state index contributed by atoms with van der Waals surface area (Å²) in [7, 11) is 0. The zero-order valence-electron chi connectivity index (χ0n) is 10.8.